The molecule has 37 heavy (non-hydrogen) atoms. The number of anilines is 3. The Morgan fingerprint density at radius 3 is 2.14 bits per heavy atom. The number of aromatic nitrogens is 2. The molecular weight excluding hydrogens is 468 g/mol. The molecule has 4 rings (SSSR count). The minimum absolute atomic E-state index is 0.0557. The molecule has 9 heteroatoms. The molecule has 7 N–H and O–H groups in total. The first-order chi connectivity index (χ1) is 17.9. The average Bonchev–Trinajstić information content (AvgIpc) is 3.32. The Morgan fingerprint density at radius 1 is 0.784 bits per heavy atom. The standard InChI is InChI=1S/C28H30N6O3/c29-21-9-5-6-10-22(21)32-25(36)13-4-2-1-3-12-24(35)31-19-16-14-18(15-17-19)28-33-23-11-7-8-20(27(30)37)26(23)34-28/h5-11,14-17H,1-4,12-13,29H2,(H2,30,37)(H,31,35)(H,32,36)(H,33,34). The van der Waals surface area contributed by atoms with Gasteiger partial charge in [0.25, 0.3) is 5.91 Å². The van der Waals surface area contributed by atoms with Crippen LogP contribution in [-0.4, -0.2) is 27.7 Å². The Balaban J connectivity index is 1.18. The number of nitrogens with zero attached hydrogens (tertiary/aromatic N) is 1. The van der Waals surface area contributed by atoms with Crippen molar-refractivity contribution in [1.82, 2.24) is 9.97 Å². The van der Waals surface area contributed by atoms with Crippen molar-refractivity contribution in [3.05, 3.63) is 72.3 Å². The molecule has 3 amide bonds. The summed E-state index contributed by atoms with van der Waals surface area (Å²) in [6.07, 6.45) is 4.07. The molecule has 9 nitrogen and oxygen atoms in total. The molecule has 0 fully saturated rings. The normalized spacial score (nSPS) is 10.8. The van der Waals surface area contributed by atoms with Crippen LogP contribution in [0.15, 0.2) is 66.7 Å². The Hall–Kier alpha value is -4.66. The van der Waals surface area contributed by atoms with E-state index in [1.54, 1.807) is 24.3 Å². The number of para-hydroxylation sites is 3. The number of aromatic amines is 1. The van der Waals surface area contributed by atoms with Gasteiger partial charge in [0, 0.05) is 24.1 Å². The van der Waals surface area contributed by atoms with Crippen LogP contribution < -0.4 is 22.1 Å². The van der Waals surface area contributed by atoms with E-state index in [2.05, 4.69) is 20.6 Å². The fourth-order valence-corrected chi connectivity index (χ4v) is 4.05. The summed E-state index contributed by atoms with van der Waals surface area (Å²) in [7, 11) is 0. The number of rotatable bonds is 11. The molecule has 4 aromatic rings. The minimum Gasteiger partial charge on any atom is -0.397 e. The van der Waals surface area contributed by atoms with Crippen molar-refractivity contribution in [2.45, 2.75) is 38.5 Å². The summed E-state index contributed by atoms with van der Waals surface area (Å²) in [5, 5.41) is 5.73. The third-order valence-corrected chi connectivity index (χ3v) is 6.01. The lowest BCUT2D eigenvalue weighted by Gasteiger charge is -2.08. The zero-order valence-corrected chi connectivity index (χ0v) is 20.4. The predicted molar refractivity (Wildman–Crippen MR) is 146 cm³/mol. The van der Waals surface area contributed by atoms with Crippen molar-refractivity contribution < 1.29 is 14.4 Å². The van der Waals surface area contributed by atoms with Crippen LogP contribution in [0.5, 0.6) is 0 Å². The largest absolute Gasteiger partial charge is 0.397 e. The summed E-state index contributed by atoms with van der Waals surface area (Å²) >= 11 is 0. The van der Waals surface area contributed by atoms with Crippen molar-refractivity contribution in [2.24, 2.45) is 5.73 Å². The molecule has 1 aromatic heterocycles. The maximum absolute atomic E-state index is 12.3. The molecule has 0 saturated heterocycles. The van der Waals surface area contributed by atoms with Crippen LogP contribution in [0.3, 0.4) is 0 Å². The highest BCUT2D eigenvalue weighted by Gasteiger charge is 2.12. The van der Waals surface area contributed by atoms with E-state index in [1.165, 1.54) is 0 Å². The van der Waals surface area contributed by atoms with E-state index in [4.69, 9.17) is 11.5 Å². The molecule has 0 unspecified atom stereocenters. The lowest BCUT2D eigenvalue weighted by atomic mass is 10.1. The van der Waals surface area contributed by atoms with E-state index < -0.39 is 5.91 Å². The molecule has 0 aliphatic heterocycles. The molecule has 0 atom stereocenters. The van der Waals surface area contributed by atoms with Gasteiger partial charge in [-0.1, -0.05) is 31.0 Å². The SMILES string of the molecule is NC(=O)c1cccc2[nH]c(-c3ccc(NC(=O)CCCCCCC(=O)Nc4ccccc4N)cc3)nc12. The van der Waals surface area contributed by atoms with Crippen LogP contribution in [0.1, 0.15) is 48.9 Å². The van der Waals surface area contributed by atoms with E-state index in [0.717, 1.165) is 36.8 Å². The van der Waals surface area contributed by atoms with Gasteiger partial charge in [-0.25, -0.2) is 4.98 Å². The van der Waals surface area contributed by atoms with Crippen LogP contribution >= 0.6 is 0 Å². The molecule has 0 aliphatic rings. The Labute approximate surface area is 214 Å². The molecule has 190 valence electrons. The highest BCUT2D eigenvalue weighted by Crippen LogP contribution is 2.24. The summed E-state index contributed by atoms with van der Waals surface area (Å²) in [5.41, 5.74) is 15.6. The second-order valence-corrected chi connectivity index (χ2v) is 8.83. The van der Waals surface area contributed by atoms with Gasteiger partial charge in [0.2, 0.25) is 11.8 Å². The first-order valence-corrected chi connectivity index (χ1v) is 12.2. The third-order valence-electron chi connectivity index (χ3n) is 6.01. The first kappa shape index (κ1) is 25.4. The van der Waals surface area contributed by atoms with Gasteiger partial charge in [0.15, 0.2) is 0 Å². The topological polar surface area (TPSA) is 156 Å². The molecule has 0 spiro atoms. The monoisotopic (exact) mass is 498 g/mol. The number of nitrogens with one attached hydrogen (secondary N) is 3. The molecule has 0 radical (unpaired) electrons. The van der Waals surface area contributed by atoms with Crippen molar-refractivity contribution in [2.75, 3.05) is 16.4 Å². The maximum Gasteiger partial charge on any atom is 0.250 e. The molecule has 1 heterocycles. The van der Waals surface area contributed by atoms with Gasteiger partial charge < -0.3 is 27.1 Å². The number of carbonyl (C=O) groups is 3. The van der Waals surface area contributed by atoms with E-state index in [-0.39, 0.29) is 11.8 Å². The average molecular weight is 499 g/mol. The summed E-state index contributed by atoms with van der Waals surface area (Å²) in [6.45, 7) is 0. The number of amides is 3. The quantitative estimate of drug-likeness (QED) is 0.148. The van der Waals surface area contributed by atoms with E-state index in [9.17, 15) is 14.4 Å². The summed E-state index contributed by atoms with van der Waals surface area (Å²) in [4.78, 5) is 43.7. The van der Waals surface area contributed by atoms with Crippen LogP contribution in [-0.2, 0) is 9.59 Å². The first-order valence-electron chi connectivity index (χ1n) is 12.2. The number of nitrogens with two attached hydrogens (primary N) is 2. The Bertz CT molecular complexity index is 1410. The summed E-state index contributed by atoms with van der Waals surface area (Å²) in [5.74, 6) is -0.0294. The van der Waals surface area contributed by atoms with Gasteiger partial charge in [-0.2, -0.15) is 0 Å². The van der Waals surface area contributed by atoms with Crippen LogP contribution in [0.4, 0.5) is 17.1 Å². The lowest BCUT2D eigenvalue weighted by molar-refractivity contribution is -0.117. The van der Waals surface area contributed by atoms with Crippen LogP contribution in [0.2, 0.25) is 0 Å². The van der Waals surface area contributed by atoms with Gasteiger partial charge >= 0.3 is 0 Å². The number of nitrogen functional groups attached to an aromatic ring is 1. The number of benzene rings is 3. The van der Waals surface area contributed by atoms with Crippen molar-refractivity contribution >= 4 is 45.8 Å². The Kier molecular flexibility index (Phi) is 8.15. The number of hydrogen-bond acceptors (Lipinski definition) is 5. The fraction of sp³-hybridized carbons (Fsp3) is 0.214. The number of unbranched alkanes of at least 4 members (excludes halogenated alkanes) is 3. The zero-order valence-electron chi connectivity index (χ0n) is 20.4. The van der Waals surface area contributed by atoms with Crippen LogP contribution in [0.25, 0.3) is 22.4 Å². The smallest absolute Gasteiger partial charge is 0.250 e. The molecular formula is C28H30N6O3. The van der Waals surface area contributed by atoms with Gasteiger partial charge in [-0.05, 0) is 61.4 Å². The van der Waals surface area contributed by atoms with Crippen molar-refractivity contribution in [3.8, 4) is 11.4 Å². The second kappa shape index (κ2) is 11.9. The number of fused-ring (bicyclic) bond motifs is 1. The van der Waals surface area contributed by atoms with Crippen molar-refractivity contribution in [1.29, 1.82) is 0 Å². The number of hydrogen-bond donors (Lipinski definition) is 5. The number of H-pyrrole nitrogens is 1. The minimum atomic E-state index is -0.527. The molecule has 0 saturated carbocycles. The highest BCUT2D eigenvalue weighted by atomic mass is 16.2. The molecule has 0 aliphatic carbocycles. The van der Waals surface area contributed by atoms with E-state index in [1.807, 2.05) is 42.5 Å². The number of primary amides is 1. The summed E-state index contributed by atoms with van der Waals surface area (Å²) < 4.78 is 0. The van der Waals surface area contributed by atoms with Gasteiger partial charge in [0.1, 0.15) is 11.3 Å². The van der Waals surface area contributed by atoms with Crippen molar-refractivity contribution in [3.63, 3.8) is 0 Å². The Morgan fingerprint density at radius 2 is 1.46 bits per heavy atom. The zero-order chi connectivity index (χ0) is 26.2. The fourth-order valence-electron chi connectivity index (χ4n) is 4.05. The van der Waals surface area contributed by atoms with Gasteiger partial charge in [-0.3, -0.25) is 14.4 Å². The van der Waals surface area contributed by atoms with Gasteiger partial charge in [0.05, 0.1) is 22.5 Å². The summed E-state index contributed by atoms with van der Waals surface area (Å²) in [6, 6.07) is 19.7. The predicted octanol–water partition coefficient (Wildman–Crippen LogP) is 4.83. The second-order valence-electron chi connectivity index (χ2n) is 8.83. The highest BCUT2D eigenvalue weighted by molar-refractivity contribution is 6.04. The number of carbonyl (C=O) groups excluding carboxylic acids is 3. The van der Waals surface area contributed by atoms with Crippen LogP contribution in [0, 0.1) is 0 Å². The molecule has 3 aromatic carbocycles. The van der Waals surface area contributed by atoms with E-state index >= 15 is 0 Å². The number of imidazole rings is 1. The molecule has 0 bridgehead atoms. The lowest BCUT2D eigenvalue weighted by Crippen LogP contribution is -2.12. The van der Waals surface area contributed by atoms with Gasteiger partial charge in [-0.15, -0.1) is 0 Å². The third kappa shape index (κ3) is 6.72. The van der Waals surface area contributed by atoms with E-state index in [0.29, 0.717) is 46.8 Å². The maximum atomic E-state index is 12.3.